The van der Waals surface area contributed by atoms with E-state index < -0.39 is 16.7 Å². The number of hydrogen-bond acceptors (Lipinski definition) is 2. The zero-order valence-electron chi connectivity index (χ0n) is 6.59. The Hall–Kier alpha value is -0.810. The van der Waals surface area contributed by atoms with Crippen molar-refractivity contribution < 1.29 is 9.18 Å². The summed E-state index contributed by atoms with van der Waals surface area (Å²) in [4.78, 5) is 9.70. The maximum absolute atomic E-state index is 13.1. The number of aryl methyl sites for hydroxylation is 1. The number of hydrogen-bond donors (Lipinski definition) is 1. The highest BCUT2D eigenvalue weighted by atomic mass is 35.5. The lowest BCUT2D eigenvalue weighted by molar-refractivity contribution is 0.0995. The summed E-state index contributed by atoms with van der Waals surface area (Å²) in [6.07, 6.45) is 0. The van der Waals surface area contributed by atoms with E-state index in [0.717, 1.165) is 4.68 Å². The molecule has 2 N–H and O–H groups in total. The topological polar surface area (TPSA) is 60.9 Å². The van der Waals surface area contributed by atoms with E-state index in [1.165, 1.54) is 7.05 Å². The molecule has 72 valence electrons. The molecular formula is C6H6Cl2FN3O. The molecule has 0 radical (unpaired) electrons. The third-order valence-corrected chi connectivity index (χ3v) is 1.87. The van der Waals surface area contributed by atoms with Crippen molar-refractivity contribution in [3.05, 3.63) is 17.2 Å². The first-order chi connectivity index (χ1) is 5.95. The Morgan fingerprint density at radius 3 is 2.54 bits per heavy atom. The lowest BCUT2D eigenvalue weighted by atomic mass is 10.2. The second-order valence-electron chi connectivity index (χ2n) is 2.34. The summed E-state index contributed by atoms with van der Waals surface area (Å²) in [6, 6.07) is 0. The van der Waals surface area contributed by atoms with Crippen LogP contribution in [0.2, 0.25) is 0 Å². The highest BCUT2D eigenvalue weighted by molar-refractivity contribution is 6.44. The Balaban J connectivity index is 3.35. The fourth-order valence-corrected chi connectivity index (χ4v) is 1.21. The molecule has 0 fully saturated rings. The van der Waals surface area contributed by atoms with Crippen LogP contribution in [0.5, 0.6) is 0 Å². The van der Waals surface area contributed by atoms with Crippen molar-refractivity contribution in [1.82, 2.24) is 9.78 Å². The van der Waals surface area contributed by atoms with Crippen LogP contribution in [0.3, 0.4) is 0 Å². The normalized spacial score (nSPS) is 10.8. The minimum Gasteiger partial charge on any atom is -0.365 e. The first-order valence-electron chi connectivity index (χ1n) is 3.25. The molecule has 1 rings (SSSR count). The molecule has 0 bridgehead atoms. The summed E-state index contributed by atoms with van der Waals surface area (Å²) in [5.41, 5.74) is 4.49. The molecular weight excluding hydrogens is 220 g/mol. The number of rotatable bonds is 2. The number of carbonyl (C=O) groups excluding carboxylic acids is 1. The molecule has 1 aromatic heterocycles. The Labute approximate surface area is 83.4 Å². The number of alkyl halides is 2. The number of nitrogens with two attached hydrogens (primary N) is 1. The van der Waals surface area contributed by atoms with Gasteiger partial charge in [0.05, 0.1) is 0 Å². The SMILES string of the molecule is Cn1nc(C(Cl)Cl)c(C(N)=O)c1F. The first kappa shape index (κ1) is 10.3. The predicted molar refractivity (Wildman–Crippen MR) is 46.1 cm³/mol. The van der Waals surface area contributed by atoms with E-state index in [1.807, 2.05) is 0 Å². The van der Waals surface area contributed by atoms with Crippen molar-refractivity contribution in [3.63, 3.8) is 0 Å². The lowest BCUT2D eigenvalue weighted by Gasteiger charge is -1.96. The minimum absolute atomic E-state index is 0.0594. The van der Waals surface area contributed by atoms with Crippen molar-refractivity contribution in [2.45, 2.75) is 4.84 Å². The van der Waals surface area contributed by atoms with Crippen LogP contribution in [-0.4, -0.2) is 15.7 Å². The van der Waals surface area contributed by atoms with Gasteiger partial charge >= 0.3 is 0 Å². The van der Waals surface area contributed by atoms with Gasteiger partial charge in [-0.15, -0.1) is 0 Å². The third-order valence-electron chi connectivity index (χ3n) is 1.46. The van der Waals surface area contributed by atoms with Gasteiger partial charge in [-0.25, -0.2) is 4.68 Å². The number of primary amides is 1. The monoisotopic (exact) mass is 225 g/mol. The molecule has 0 spiro atoms. The van der Waals surface area contributed by atoms with Gasteiger partial charge in [0.2, 0.25) is 5.95 Å². The standard InChI is InChI=1S/C6H6Cl2FN3O/c1-12-5(9)2(6(10)13)3(11-12)4(7)8/h4H,1H3,(H2,10,13). The van der Waals surface area contributed by atoms with Crippen LogP contribution in [-0.2, 0) is 7.05 Å². The van der Waals surface area contributed by atoms with Crippen LogP contribution in [0.15, 0.2) is 0 Å². The van der Waals surface area contributed by atoms with Crippen LogP contribution in [0.25, 0.3) is 0 Å². The second kappa shape index (κ2) is 3.51. The van der Waals surface area contributed by atoms with Crippen molar-refractivity contribution in [2.75, 3.05) is 0 Å². The summed E-state index contributed by atoms with van der Waals surface area (Å²) in [7, 11) is 1.32. The van der Waals surface area contributed by atoms with Gasteiger partial charge in [0.1, 0.15) is 11.3 Å². The smallest absolute Gasteiger partial charge is 0.255 e. The molecule has 1 amide bonds. The summed E-state index contributed by atoms with van der Waals surface area (Å²) in [5.74, 6) is -1.78. The van der Waals surface area contributed by atoms with E-state index in [2.05, 4.69) is 5.10 Å². The molecule has 4 nitrogen and oxygen atoms in total. The van der Waals surface area contributed by atoms with Gasteiger partial charge in [0.15, 0.2) is 4.84 Å². The summed E-state index contributed by atoms with van der Waals surface area (Å²) < 4.78 is 14.0. The highest BCUT2D eigenvalue weighted by Gasteiger charge is 2.24. The first-order valence-corrected chi connectivity index (χ1v) is 4.12. The van der Waals surface area contributed by atoms with E-state index in [-0.39, 0.29) is 11.3 Å². The number of halogens is 3. The number of carbonyl (C=O) groups is 1. The van der Waals surface area contributed by atoms with Crippen molar-refractivity contribution in [3.8, 4) is 0 Å². The van der Waals surface area contributed by atoms with E-state index in [4.69, 9.17) is 28.9 Å². The van der Waals surface area contributed by atoms with E-state index in [0.29, 0.717) is 0 Å². The molecule has 13 heavy (non-hydrogen) atoms. The zero-order valence-corrected chi connectivity index (χ0v) is 8.10. The molecule has 0 aliphatic rings. The van der Waals surface area contributed by atoms with Crippen LogP contribution in [0, 0.1) is 5.95 Å². The Morgan fingerprint density at radius 1 is 1.69 bits per heavy atom. The molecule has 1 heterocycles. The summed E-state index contributed by atoms with van der Waals surface area (Å²) in [5, 5.41) is 3.61. The maximum atomic E-state index is 13.1. The van der Waals surface area contributed by atoms with Gasteiger partial charge in [-0.1, -0.05) is 23.2 Å². The average Bonchev–Trinajstić information content (AvgIpc) is 2.28. The molecule has 7 heteroatoms. The van der Waals surface area contributed by atoms with Gasteiger partial charge < -0.3 is 5.73 Å². The zero-order chi connectivity index (χ0) is 10.2. The molecule has 0 saturated carbocycles. The maximum Gasteiger partial charge on any atom is 0.255 e. The van der Waals surface area contributed by atoms with E-state index >= 15 is 0 Å². The van der Waals surface area contributed by atoms with Gasteiger partial charge in [-0.2, -0.15) is 9.49 Å². The summed E-state index contributed by atoms with van der Waals surface area (Å²) >= 11 is 10.9. The van der Waals surface area contributed by atoms with Crippen molar-refractivity contribution in [2.24, 2.45) is 12.8 Å². The Bertz CT molecular complexity index is 350. The average molecular weight is 226 g/mol. The second-order valence-corrected chi connectivity index (χ2v) is 3.44. The number of aromatic nitrogens is 2. The fraction of sp³-hybridized carbons (Fsp3) is 0.333. The number of nitrogens with zero attached hydrogens (tertiary/aromatic N) is 2. The van der Waals surface area contributed by atoms with Gasteiger partial charge in [-0.3, -0.25) is 4.79 Å². The van der Waals surface area contributed by atoms with Crippen LogP contribution < -0.4 is 5.73 Å². The minimum atomic E-state index is -1.07. The predicted octanol–water partition coefficient (Wildman–Crippen LogP) is 1.13. The van der Waals surface area contributed by atoms with Crippen LogP contribution >= 0.6 is 23.2 Å². The van der Waals surface area contributed by atoms with Crippen molar-refractivity contribution in [1.29, 1.82) is 0 Å². The van der Waals surface area contributed by atoms with E-state index in [1.54, 1.807) is 0 Å². The lowest BCUT2D eigenvalue weighted by Crippen LogP contribution is -2.14. The molecule has 0 aliphatic heterocycles. The van der Waals surface area contributed by atoms with Gasteiger partial charge in [0.25, 0.3) is 5.91 Å². The van der Waals surface area contributed by atoms with Crippen molar-refractivity contribution >= 4 is 29.1 Å². The quantitative estimate of drug-likeness (QED) is 0.768. The largest absolute Gasteiger partial charge is 0.365 e. The van der Waals surface area contributed by atoms with E-state index in [9.17, 15) is 9.18 Å². The van der Waals surface area contributed by atoms with Gasteiger partial charge in [0, 0.05) is 7.05 Å². The molecule has 1 aromatic rings. The van der Waals surface area contributed by atoms with Crippen LogP contribution in [0.1, 0.15) is 20.9 Å². The Morgan fingerprint density at radius 2 is 2.23 bits per heavy atom. The highest BCUT2D eigenvalue weighted by Crippen LogP contribution is 2.27. The molecule has 0 saturated heterocycles. The molecule has 0 aromatic carbocycles. The number of amides is 1. The fourth-order valence-electron chi connectivity index (χ4n) is 0.904. The van der Waals surface area contributed by atoms with Gasteiger partial charge in [-0.05, 0) is 0 Å². The Kier molecular flexibility index (Phi) is 2.77. The third kappa shape index (κ3) is 1.76. The van der Waals surface area contributed by atoms with Crippen LogP contribution in [0.4, 0.5) is 4.39 Å². The molecule has 0 unspecified atom stereocenters. The molecule has 0 atom stereocenters. The molecule has 0 aliphatic carbocycles. The summed E-state index contributed by atoms with van der Waals surface area (Å²) in [6.45, 7) is 0.